The summed E-state index contributed by atoms with van der Waals surface area (Å²) < 4.78 is 0. The molecule has 2 unspecified atom stereocenters. The van der Waals surface area contributed by atoms with Gasteiger partial charge in [0.05, 0.1) is 5.54 Å². The van der Waals surface area contributed by atoms with Gasteiger partial charge < -0.3 is 9.71 Å². The maximum Gasteiger partial charge on any atom is 0.333 e. The SMILES string of the molecule is Cc1cc2c3c(c1)N1c4c(cc(C(C)(C)C)cc4C4(C)CCCCC14C)B3N(c1ccc3c(c1)C(C)(C)c1ccccc1-3)c1cc3c(cc1-2)-c1ccccc1C3(C)C. The van der Waals surface area contributed by atoms with Gasteiger partial charge in [-0.3, -0.25) is 0 Å². The Labute approximate surface area is 346 Å². The molecular weight excluding hydrogens is 699 g/mol. The van der Waals surface area contributed by atoms with Crippen molar-refractivity contribution in [2.45, 2.75) is 122 Å². The average molecular weight is 755 g/mol. The Kier molecular flexibility index (Phi) is 6.50. The highest BCUT2D eigenvalue weighted by molar-refractivity contribution is 6.93. The smallest absolute Gasteiger partial charge is 0.333 e. The fraction of sp³-hybridized carbons (Fsp3) is 0.345. The fourth-order valence-electron chi connectivity index (χ4n) is 13.2. The molecule has 2 atom stereocenters. The first-order valence-electron chi connectivity index (χ1n) is 22.0. The molecule has 3 heterocycles. The summed E-state index contributed by atoms with van der Waals surface area (Å²) in [6.07, 6.45) is 5.00. The molecule has 12 rings (SSSR count). The van der Waals surface area contributed by atoms with Gasteiger partial charge in [0.15, 0.2) is 0 Å². The molecule has 0 bridgehead atoms. The largest absolute Gasteiger partial charge is 0.376 e. The number of hydrogen-bond donors (Lipinski definition) is 0. The van der Waals surface area contributed by atoms with E-state index < -0.39 is 0 Å². The van der Waals surface area contributed by atoms with Gasteiger partial charge in [-0.2, -0.15) is 0 Å². The summed E-state index contributed by atoms with van der Waals surface area (Å²) >= 11 is 0. The Morgan fingerprint density at radius 2 is 1.19 bits per heavy atom. The van der Waals surface area contributed by atoms with Crippen LogP contribution < -0.4 is 20.6 Å². The molecule has 2 nitrogen and oxygen atoms in total. The topological polar surface area (TPSA) is 6.48 Å². The van der Waals surface area contributed by atoms with Crippen LogP contribution in [-0.4, -0.2) is 12.4 Å². The first-order chi connectivity index (χ1) is 27.6. The van der Waals surface area contributed by atoms with Gasteiger partial charge in [-0.25, -0.2) is 0 Å². The highest BCUT2D eigenvalue weighted by Crippen LogP contribution is 2.63. The van der Waals surface area contributed by atoms with Crippen molar-refractivity contribution in [3.05, 3.63) is 142 Å². The number of aryl methyl sites for hydroxylation is 1. The fourth-order valence-corrected chi connectivity index (χ4v) is 13.2. The molecule has 3 aliphatic carbocycles. The highest BCUT2D eigenvalue weighted by Gasteiger charge is 2.62. The Balaban J connectivity index is 1.22. The summed E-state index contributed by atoms with van der Waals surface area (Å²) in [5, 5.41) is 0. The van der Waals surface area contributed by atoms with E-state index in [-0.39, 0.29) is 34.0 Å². The second kappa shape index (κ2) is 10.8. The van der Waals surface area contributed by atoms with Gasteiger partial charge in [0.1, 0.15) is 0 Å². The van der Waals surface area contributed by atoms with Crippen LogP contribution in [0.2, 0.25) is 0 Å². The quantitative estimate of drug-likeness (QED) is 0.154. The van der Waals surface area contributed by atoms with Crippen LogP contribution >= 0.6 is 0 Å². The molecule has 288 valence electrons. The number of nitrogens with zero attached hydrogens (tertiary/aromatic N) is 2. The lowest BCUT2D eigenvalue weighted by molar-refractivity contribution is 0.195. The molecule has 0 N–H and O–H groups in total. The van der Waals surface area contributed by atoms with Crippen molar-refractivity contribution in [3.63, 3.8) is 0 Å². The number of benzene rings is 6. The lowest BCUT2D eigenvalue weighted by atomic mass is 9.43. The van der Waals surface area contributed by atoms with E-state index in [1.54, 1.807) is 5.56 Å². The molecule has 1 fully saturated rings. The molecule has 6 aliphatic rings. The van der Waals surface area contributed by atoms with Gasteiger partial charge in [0.25, 0.3) is 0 Å². The van der Waals surface area contributed by atoms with Gasteiger partial charge in [0, 0.05) is 44.6 Å². The summed E-state index contributed by atoms with van der Waals surface area (Å²) in [6.45, 7) is 24.6. The average Bonchev–Trinajstić information content (AvgIpc) is 3.66. The molecule has 0 spiro atoms. The normalized spacial score (nSPS) is 23.0. The highest BCUT2D eigenvalue weighted by atomic mass is 15.3. The van der Waals surface area contributed by atoms with Gasteiger partial charge in [-0.05, 0) is 140 Å². The van der Waals surface area contributed by atoms with Gasteiger partial charge in [-0.1, -0.05) is 141 Å². The van der Waals surface area contributed by atoms with Crippen molar-refractivity contribution < 1.29 is 0 Å². The van der Waals surface area contributed by atoms with Crippen molar-refractivity contribution in [1.29, 1.82) is 0 Å². The number of rotatable bonds is 1. The van der Waals surface area contributed by atoms with Crippen LogP contribution in [0.3, 0.4) is 0 Å². The molecule has 0 saturated heterocycles. The second-order valence-electron chi connectivity index (χ2n) is 21.4. The molecule has 0 radical (unpaired) electrons. The van der Waals surface area contributed by atoms with E-state index in [4.69, 9.17) is 0 Å². The van der Waals surface area contributed by atoms with Crippen molar-refractivity contribution in [3.8, 4) is 33.4 Å². The molecular formula is C55H55BN2. The molecule has 58 heavy (non-hydrogen) atoms. The lowest BCUT2D eigenvalue weighted by Gasteiger charge is -2.53. The lowest BCUT2D eigenvalue weighted by Crippen LogP contribution is -2.64. The summed E-state index contributed by atoms with van der Waals surface area (Å²) in [5.41, 5.74) is 26.7. The summed E-state index contributed by atoms with van der Waals surface area (Å²) in [7, 11) is 0. The summed E-state index contributed by atoms with van der Waals surface area (Å²) in [4.78, 5) is 5.70. The molecule has 0 aromatic heterocycles. The van der Waals surface area contributed by atoms with E-state index in [2.05, 4.69) is 182 Å². The van der Waals surface area contributed by atoms with E-state index in [1.165, 1.54) is 126 Å². The minimum Gasteiger partial charge on any atom is -0.376 e. The maximum atomic E-state index is 2.89. The van der Waals surface area contributed by atoms with E-state index in [1.807, 2.05) is 0 Å². The van der Waals surface area contributed by atoms with Crippen LogP contribution in [0, 0.1) is 6.92 Å². The van der Waals surface area contributed by atoms with Crippen LogP contribution in [0.15, 0.2) is 103 Å². The second-order valence-corrected chi connectivity index (χ2v) is 21.4. The number of fused-ring (bicyclic) bond motifs is 13. The summed E-state index contributed by atoms with van der Waals surface area (Å²) in [5.74, 6) is 0. The number of hydrogen-bond acceptors (Lipinski definition) is 2. The van der Waals surface area contributed by atoms with Gasteiger partial charge >= 0.3 is 6.85 Å². The maximum absolute atomic E-state index is 2.89. The zero-order chi connectivity index (χ0) is 40.1. The third-order valence-electron chi connectivity index (χ3n) is 16.6. The predicted molar refractivity (Wildman–Crippen MR) is 247 cm³/mol. The first-order valence-corrected chi connectivity index (χ1v) is 22.0. The molecule has 1 saturated carbocycles. The molecule has 6 aromatic rings. The molecule has 0 amide bonds. The third-order valence-corrected chi connectivity index (χ3v) is 16.6. The van der Waals surface area contributed by atoms with Crippen LogP contribution in [0.5, 0.6) is 0 Å². The predicted octanol–water partition coefficient (Wildman–Crippen LogP) is 12.9. The van der Waals surface area contributed by atoms with Crippen LogP contribution in [-0.2, 0) is 21.7 Å². The van der Waals surface area contributed by atoms with Crippen molar-refractivity contribution in [1.82, 2.24) is 0 Å². The monoisotopic (exact) mass is 754 g/mol. The van der Waals surface area contributed by atoms with Crippen LogP contribution in [0.25, 0.3) is 33.4 Å². The molecule has 6 aromatic carbocycles. The summed E-state index contributed by atoms with van der Waals surface area (Å²) in [6, 6.07) is 41.3. The molecule has 3 aliphatic heterocycles. The number of anilines is 4. The van der Waals surface area contributed by atoms with E-state index in [0.29, 0.717) is 0 Å². The van der Waals surface area contributed by atoms with Gasteiger partial charge in [-0.15, -0.1) is 0 Å². The van der Waals surface area contributed by atoms with E-state index in [9.17, 15) is 0 Å². The Morgan fingerprint density at radius 3 is 1.90 bits per heavy atom. The van der Waals surface area contributed by atoms with Gasteiger partial charge in [0.2, 0.25) is 0 Å². The standard InChI is InChI=1S/C55H55BN2/c1-32-25-40-39-30-38-36-18-12-14-20-42(36)53(7,8)44(38)31-47(39)58(34-21-22-37-35-17-11-13-19-41(35)52(5,6)43(37)29-34)56-46-28-33(51(2,3)4)27-45-50(46)57(48(26-32)49(40)56)55(10)24-16-15-23-54(45,55)9/h11-14,17-22,25-31H,15-16,23-24H2,1-10H3. The van der Waals surface area contributed by atoms with E-state index >= 15 is 0 Å². The minimum atomic E-state index is -0.109. The van der Waals surface area contributed by atoms with Crippen molar-refractivity contribution in [2.24, 2.45) is 0 Å². The van der Waals surface area contributed by atoms with Crippen LogP contribution in [0.1, 0.15) is 127 Å². The Morgan fingerprint density at radius 1 is 0.552 bits per heavy atom. The first kappa shape index (κ1) is 35.0. The van der Waals surface area contributed by atoms with Crippen LogP contribution in [0.4, 0.5) is 22.7 Å². The molecule has 3 heteroatoms. The van der Waals surface area contributed by atoms with Crippen molar-refractivity contribution in [2.75, 3.05) is 9.71 Å². The van der Waals surface area contributed by atoms with Crippen molar-refractivity contribution >= 4 is 40.5 Å². The minimum absolute atomic E-state index is 0.00809. The Hall–Kier alpha value is -5.02. The zero-order valence-electron chi connectivity index (χ0n) is 36.1. The third kappa shape index (κ3) is 4.02. The Bertz CT molecular complexity index is 2850. The van der Waals surface area contributed by atoms with E-state index in [0.717, 1.165) is 0 Å². The zero-order valence-corrected chi connectivity index (χ0v) is 36.1.